The lowest BCUT2D eigenvalue weighted by Crippen LogP contribution is -2.53. The fourth-order valence-electron chi connectivity index (χ4n) is 3.35. The molecule has 0 atom stereocenters. The van der Waals surface area contributed by atoms with Gasteiger partial charge in [-0.3, -0.25) is 14.6 Å². The molecular weight excluding hydrogens is 509 g/mol. The number of hydrogen-bond donors (Lipinski definition) is 2. The van der Waals surface area contributed by atoms with E-state index in [1.807, 2.05) is 36.1 Å². The zero-order valence-corrected chi connectivity index (χ0v) is 20.3. The number of rotatable bonds is 6. The molecule has 1 aliphatic heterocycles. The van der Waals surface area contributed by atoms with Gasteiger partial charge in [0.2, 0.25) is 5.91 Å². The summed E-state index contributed by atoms with van der Waals surface area (Å²) in [5, 5.41) is 6.12. The minimum atomic E-state index is -0.0754. The average Bonchev–Trinajstić information content (AvgIpc) is 3.28. The molecular formula is C22H30IN5O3. The van der Waals surface area contributed by atoms with Crippen LogP contribution in [0.25, 0.3) is 0 Å². The zero-order chi connectivity index (χ0) is 21.3. The van der Waals surface area contributed by atoms with Crippen molar-refractivity contribution in [3.05, 3.63) is 54.0 Å². The Morgan fingerprint density at radius 2 is 1.74 bits per heavy atom. The molecule has 1 fully saturated rings. The fraction of sp³-hybridized carbons (Fsp3) is 0.409. The minimum Gasteiger partial charge on any atom is -0.459 e. The maximum Gasteiger partial charge on any atom is 0.289 e. The summed E-state index contributed by atoms with van der Waals surface area (Å²) in [5.74, 6) is 1.11. The van der Waals surface area contributed by atoms with Crippen molar-refractivity contribution in [1.82, 2.24) is 15.1 Å². The smallest absolute Gasteiger partial charge is 0.289 e. The molecule has 0 bridgehead atoms. The van der Waals surface area contributed by atoms with Crippen LogP contribution in [0, 0.1) is 0 Å². The number of benzene rings is 1. The van der Waals surface area contributed by atoms with Crippen molar-refractivity contribution in [2.24, 2.45) is 4.99 Å². The van der Waals surface area contributed by atoms with Crippen LogP contribution in [0.3, 0.4) is 0 Å². The van der Waals surface area contributed by atoms with Crippen LogP contribution in [0.5, 0.6) is 0 Å². The highest BCUT2D eigenvalue weighted by atomic mass is 127. The highest BCUT2D eigenvalue weighted by molar-refractivity contribution is 14.0. The quantitative estimate of drug-likeness (QED) is 0.335. The molecule has 31 heavy (non-hydrogen) atoms. The zero-order valence-electron chi connectivity index (χ0n) is 18.0. The average molecular weight is 539 g/mol. The Labute approximate surface area is 200 Å². The van der Waals surface area contributed by atoms with Gasteiger partial charge in [-0.25, -0.2) is 0 Å². The number of nitrogens with one attached hydrogen (secondary N) is 2. The van der Waals surface area contributed by atoms with Crippen LogP contribution in [0.1, 0.15) is 30.0 Å². The molecule has 0 spiro atoms. The predicted octanol–water partition coefficient (Wildman–Crippen LogP) is 2.82. The molecule has 3 rings (SSSR count). The second-order valence-electron chi connectivity index (χ2n) is 7.12. The van der Waals surface area contributed by atoms with Gasteiger partial charge in [-0.15, -0.1) is 24.0 Å². The number of guanidine groups is 1. The largest absolute Gasteiger partial charge is 0.459 e. The first-order chi connectivity index (χ1) is 14.6. The Morgan fingerprint density at radius 1 is 1.06 bits per heavy atom. The van der Waals surface area contributed by atoms with Crippen LogP contribution < -0.4 is 10.6 Å². The first kappa shape index (κ1) is 24.7. The van der Waals surface area contributed by atoms with Crippen molar-refractivity contribution < 1.29 is 14.0 Å². The van der Waals surface area contributed by atoms with E-state index in [4.69, 9.17) is 9.41 Å². The van der Waals surface area contributed by atoms with Crippen molar-refractivity contribution in [2.75, 3.05) is 44.6 Å². The van der Waals surface area contributed by atoms with Gasteiger partial charge in [0.1, 0.15) is 0 Å². The Bertz CT molecular complexity index is 860. The number of nitrogens with zero attached hydrogens (tertiary/aromatic N) is 3. The van der Waals surface area contributed by atoms with E-state index >= 15 is 0 Å². The maximum absolute atomic E-state index is 12.4. The van der Waals surface area contributed by atoms with Gasteiger partial charge in [-0.2, -0.15) is 0 Å². The number of halogens is 1. The highest BCUT2D eigenvalue weighted by Gasteiger charge is 2.25. The summed E-state index contributed by atoms with van der Waals surface area (Å²) in [4.78, 5) is 32.3. The van der Waals surface area contributed by atoms with Crippen molar-refractivity contribution in [1.29, 1.82) is 0 Å². The van der Waals surface area contributed by atoms with Crippen LogP contribution >= 0.6 is 24.0 Å². The summed E-state index contributed by atoms with van der Waals surface area (Å²) in [6.07, 6.45) is 2.33. The molecule has 9 heteroatoms. The molecule has 0 aliphatic carbocycles. The third-order valence-corrected chi connectivity index (χ3v) is 4.87. The second-order valence-corrected chi connectivity index (χ2v) is 7.12. The summed E-state index contributed by atoms with van der Waals surface area (Å²) in [6.45, 7) is 7.71. The number of hydrogen-bond acceptors (Lipinski definition) is 4. The first-order valence-corrected chi connectivity index (χ1v) is 10.3. The van der Waals surface area contributed by atoms with Crippen molar-refractivity contribution in [3.63, 3.8) is 0 Å². The Kier molecular flexibility index (Phi) is 9.83. The van der Waals surface area contributed by atoms with E-state index < -0.39 is 0 Å². The Hall–Kier alpha value is -2.56. The second kappa shape index (κ2) is 12.3. The van der Waals surface area contributed by atoms with Crippen molar-refractivity contribution >= 4 is 47.4 Å². The summed E-state index contributed by atoms with van der Waals surface area (Å²) in [6, 6.07) is 11.2. The number of furan rings is 1. The number of anilines is 1. The number of piperazine rings is 1. The van der Waals surface area contributed by atoms with E-state index in [9.17, 15) is 9.59 Å². The molecule has 2 heterocycles. The predicted molar refractivity (Wildman–Crippen MR) is 132 cm³/mol. The molecule has 0 unspecified atom stereocenters. The van der Waals surface area contributed by atoms with Gasteiger partial charge < -0.3 is 24.9 Å². The van der Waals surface area contributed by atoms with Crippen LogP contribution in [-0.4, -0.2) is 66.8 Å². The van der Waals surface area contributed by atoms with Gasteiger partial charge in [-0.05, 0) is 43.2 Å². The molecule has 0 radical (unpaired) electrons. The van der Waals surface area contributed by atoms with Crippen molar-refractivity contribution in [3.8, 4) is 0 Å². The molecule has 168 valence electrons. The molecule has 1 aliphatic rings. The monoisotopic (exact) mass is 539 g/mol. The van der Waals surface area contributed by atoms with Gasteiger partial charge in [0.25, 0.3) is 5.91 Å². The fourth-order valence-corrected chi connectivity index (χ4v) is 3.35. The van der Waals surface area contributed by atoms with E-state index in [1.54, 1.807) is 12.1 Å². The number of aliphatic imine (C=N–C) groups is 1. The third-order valence-electron chi connectivity index (χ3n) is 4.87. The van der Waals surface area contributed by atoms with Gasteiger partial charge in [0, 0.05) is 51.9 Å². The maximum atomic E-state index is 12.4. The molecule has 0 saturated carbocycles. The van der Waals surface area contributed by atoms with Crippen LogP contribution in [0.4, 0.5) is 5.69 Å². The van der Waals surface area contributed by atoms with Gasteiger partial charge in [-0.1, -0.05) is 12.1 Å². The Morgan fingerprint density at radius 3 is 2.32 bits per heavy atom. The molecule has 2 amide bonds. The van der Waals surface area contributed by atoms with E-state index in [2.05, 4.69) is 15.5 Å². The molecule has 2 N–H and O–H groups in total. The molecule has 2 aromatic rings. The third kappa shape index (κ3) is 7.27. The van der Waals surface area contributed by atoms with E-state index in [-0.39, 0.29) is 35.8 Å². The number of carbonyl (C=O) groups is 2. The lowest BCUT2D eigenvalue weighted by atomic mass is 10.1. The topological polar surface area (TPSA) is 90.2 Å². The molecule has 1 aromatic carbocycles. The minimum absolute atomic E-state index is 0. The van der Waals surface area contributed by atoms with Gasteiger partial charge in [0.15, 0.2) is 11.7 Å². The van der Waals surface area contributed by atoms with E-state index in [0.29, 0.717) is 25.4 Å². The number of amides is 2. The Balaban J connectivity index is 0.00000341. The van der Waals surface area contributed by atoms with Gasteiger partial charge >= 0.3 is 0 Å². The van der Waals surface area contributed by atoms with Crippen LogP contribution in [0.2, 0.25) is 0 Å². The standard InChI is InChI=1S/C22H29N5O3.HI/c1-3-23-22(24-11-10-18-6-8-19(9-7-18)25-17(2)28)27-14-12-26(13-15-27)21(29)20-5-4-16-30-20;/h4-9,16H,3,10-15H2,1-2H3,(H,23,24)(H,25,28);1H. The summed E-state index contributed by atoms with van der Waals surface area (Å²) in [7, 11) is 0. The number of carbonyl (C=O) groups excluding carboxylic acids is 2. The lowest BCUT2D eigenvalue weighted by Gasteiger charge is -2.36. The molecule has 8 nitrogen and oxygen atoms in total. The van der Waals surface area contributed by atoms with E-state index in [1.165, 1.54) is 13.2 Å². The highest BCUT2D eigenvalue weighted by Crippen LogP contribution is 2.11. The molecule has 1 saturated heterocycles. The normalized spacial score (nSPS) is 14.1. The van der Waals surface area contributed by atoms with Gasteiger partial charge in [0.05, 0.1) is 6.26 Å². The van der Waals surface area contributed by atoms with Crippen molar-refractivity contribution in [2.45, 2.75) is 20.3 Å². The van der Waals surface area contributed by atoms with Crippen LogP contribution in [0.15, 0.2) is 52.1 Å². The SMILES string of the molecule is CCNC(=NCCc1ccc(NC(C)=O)cc1)N1CCN(C(=O)c2ccco2)CC1.I. The van der Waals surface area contributed by atoms with E-state index in [0.717, 1.165) is 43.3 Å². The molecule has 1 aromatic heterocycles. The van der Waals surface area contributed by atoms with Crippen LogP contribution in [-0.2, 0) is 11.2 Å². The summed E-state index contributed by atoms with van der Waals surface area (Å²) in [5.41, 5.74) is 1.96. The lowest BCUT2D eigenvalue weighted by molar-refractivity contribution is -0.114. The first-order valence-electron chi connectivity index (χ1n) is 10.3. The summed E-state index contributed by atoms with van der Waals surface area (Å²) < 4.78 is 5.22. The summed E-state index contributed by atoms with van der Waals surface area (Å²) >= 11 is 0.